The van der Waals surface area contributed by atoms with Crippen molar-refractivity contribution in [1.29, 1.82) is 0 Å². The van der Waals surface area contributed by atoms with Crippen molar-refractivity contribution >= 4 is 14.1 Å². The Balaban J connectivity index is 1.81. The summed E-state index contributed by atoms with van der Waals surface area (Å²) in [7, 11) is -1.83. The molecule has 0 bridgehead atoms. The third-order valence-electron chi connectivity index (χ3n) is 7.60. The lowest BCUT2D eigenvalue weighted by Crippen LogP contribution is -2.47. The lowest BCUT2D eigenvalue weighted by molar-refractivity contribution is -0.146. The van der Waals surface area contributed by atoms with Crippen LogP contribution in [0.15, 0.2) is 11.1 Å². The average Bonchev–Trinajstić information content (AvgIpc) is 3.11. The van der Waals surface area contributed by atoms with Gasteiger partial charge in [0, 0.05) is 18.3 Å². The summed E-state index contributed by atoms with van der Waals surface area (Å²) in [5, 5.41) is 0.203. The molecular formula is C22H38O4Si. The Labute approximate surface area is 166 Å². The van der Waals surface area contributed by atoms with Crippen molar-refractivity contribution in [3.05, 3.63) is 11.1 Å². The standard InChI is InChI=1S/C22H38O4Si/c1-20(2,3)27(6,7)26-19-9-8-17-16(18(23)11-12-21(17,19)4)10-13-22(5)24-14-15-25-22/h19H,8-15H2,1-7H3/t19?,21-/m0/s1. The predicted octanol–water partition coefficient (Wildman–Crippen LogP) is 5.38. The highest BCUT2D eigenvalue weighted by Gasteiger charge is 2.51. The summed E-state index contributed by atoms with van der Waals surface area (Å²) in [4.78, 5) is 12.8. The molecule has 2 fully saturated rings. The summed E-state index contributed by atoms with van der Waals surface area (Å²) < 4.78 is 18.4. The minimum atomic E-state index is -1.83. The molecule has 1 saturated heterocycles. The van der Waals surface area contributed by atoms with Crippen LogP contribution in [0.5, 0.6) is 0 Å². The molecule has 0 radical (unpaired) electrons. The van der Waals surface area contributed by atoms with Gasteiger partial charge in [0.25, 0.3) is 0 Å². The number of Topliss-reactive ketones (excluding diaryl/α,β-unsaturated/α-hetero) is 1. The average molecular weight is 395 g/mol. The largest absolute Gasteiger partial charge is 0.413 e. The summed E-state index contributed by atoms with van der Waals surface area (Å²) >= 11 is 0. The molecular weight excluding hydrogens is 356 g/mol. The molecule has 0 spiro atoms. The van der Waals surface area contributed by atoms with E-state index in [-0.39, 0.29) is 16.6 Å². The summed E-state index contributed by atoms with van der Waals surface area (Å²) in [5.74, 6) is -0.200. The lowest BCUT2D eigenvalue weighted by Gasteiger charge is -2.44. The fourth-order valence-electron chi connectivity index (χ4n) is 4.64. The number of carbonyl (C=O) groups is 1. The second-order valence-electron chi connectivity index (χ2n) is 10.5. The number of carbonyl (C=O) groups excluding carboxylic acids is 1. The molecule has 1 heterocycles. The Kier molecular flexibility index (Phi) is 5.57. The van der Waals surface area contributed by atoms with E-state index in [2.05, 4.69) is 40.8 Å². The fraction of sp³-hybridized carbons (Fsp3) is 0.864. The summed E-state index contributed by atoms with van der Waals surface area (Å²) in [6.45, 7) is 17.2. The minimum absolute atomic E-state index is 0.0110. The molecule has 3 rings (SSSR count). The Morgan fingerprint density at radius 1 is 1.15 bits per heavy atom. The number of ketones is 1. The number of hydrogen-bond acceptors (Lipinski definition) is 4. The topological polar surface area (TPSA) is 44.8 Å². The highest BCUT2D eigenvalue weighted by atomic mass is 28.4. The molecule has 4 nitrogen and oxygen atoms in total. The fourth-order valence-corrected chi connectivity index (χ4v) is 6.08. The first kappa shape index (κ1) is 21.2. The van der Waals surface area contributed by atoms with Gasteiger partial charge in [-0.25, -0.2) is 0 Å². The number of ether oxygens (including phenoxy) is 2. The molecule has 1 saturated carbocycles. The van der Waals surface area contributed by atoms with Crippen LogP contribution in [-0.2, 0) is 18.7 Å². The van der Waals surface area contributed by atoms with E-state index in [0.717, 1.165) is 37.7 Å². The highest BCUT2D eigenvalue weighted by molar-refractivity contribution is 6.74. The normalized spacial score (nSPS) is 31.5. The maximum Gasteiger partial charge on any atom is 0.192 e. The van der Waals surface area contributed by atoms with Gasteiger partial charge in [-0.2, -0.15) is 0 Å². The van der Waals surface area contributed by atoms with Crippen LogP contribution in [0.1, 0.15) is 73.1 Å². The van der Waals surface area contributed by atoms with Crippen molar-refractivity contribution in [1.82, 2.24) is 0 Å². The highest BCUT2D eigenvalue weighted by Crippen LogP contribution is 2.54. The van der Waals surface area contributed by atoms with Crippen molar-refractivity contribution in [3.63, 3.8) is 0 Å². The maximum atomic E-state index is 12.8. The first-order valence-electron chi connectivity index (χ1n) is 10.6. The van der Waals surface area contributed by atoms with E-state index in [9.17, 15) is 4.79 Å². The van der Waals surface area contributed by atoms with Gasteiger partial charge >= 0.3 is 0 Å². The van der Waals surface area contributed by atoms with E-state index in [1.165, 1.54) is 5.57 Å². The smallest absolute Gasteiger partial charge is 0.192 e. The molecule has 3 aliphatic rings. The predicted molar refractivity (Wildman–Crippen MR) is 110 cm³/mol. The number of allylic oxidation sites excluding steroid dienone is 1. The van der Waals surface area contributed by atoms with Crippen LogP contribution >= 0.6 is 0 Å². The first-order valence-corrected chi connectivity index (χ1v) is 13.5. The van der Waals surface area contributed by atoms with Gasteiger partial charge in [-0.3, -0.25) is 4.79 Å². The molecule has 0 N–H and O–H groups in total. The van der Waals surface area contributed by atoms with Crippen molar-refractivity contribution in [3.8, 4) is 0 Å². The van der Waals surface area contributed by atoms with Crippen LogP contribution in [-0.4, -0.2) is 39.2 Å². The van der Waals surface area contributed by atoms with Crippen molar-refractivity contribution in [2.45, 2.75) is 103 Å². The quantitative estimate of drug-likeness (QED) is 0.587. The van der Waals surface area contributed by atoms with E-state index < -0.39 is 14.1 Å². The van der Waals surface area contributed by atoms with E-state index >= 15 is 0 Å². The van der Waals surface area contributed by atoms with Crippen LogP contribution in [0, 0.1) is 5.41 Å². The molecule has 27 heavy (non-hydrogen) atoms. The third kappa shape index (κ3) is 3.98. The van der Waals surface area contributed by atoms with Gasteiger partial charge in [0.15, 0.2) is 19.9 Å². The second-order valence-corrected chi connectivity index (χ2v) is 15.3. The van der Waals surface area contributed by atoms with Gasteiger partial charge in [-0.15, -0.1) is 0 Å². The van der Waals surface area contributed by atoms with Crippen LogP contribution in [0.4, 0.5) is 0 Å². The Bertz CT molecular complexity index is 625. The van der Waals surface area contributed by atoms with Crippen LogP contribution < -0.4 is 0 Å². The van der Waals surface area contributed by atoms with E-state index in [1.54, 1.807) is 0 Å². The number of fused-ring (bicyclic) bond motifs is 1. The molecule has 154 valence electrons. The molecule has 2 aliphatic carbocycles. The molecule has 1 unspecified atom stereocenters. The Morgan fingerprint density at radius 2 is 1.78 bits per heavy atom. The molecule has 0 aromatic carbocycles. The number of hydrogen-bond donors (Lipinski definition) is 0. The molecule has 0 amide bonds. The third-order valence-corrected chi connectivity index (χ3v) is 12.1. The van der Waals surface area contributed by atoms with Gasteiger partial charge in [-0.05, 0) is 56.3 Å². The van der Waals surface area contributed by atoms with Crippen molar-refractivity contribution in [2.24, 2.45) is 5.41 Å². The zero-order valence-corrected chi connectivity index (χ0v) is 19.4. The molecule has 0 aromatic rings. The van der Waals surface area contributed by atoms with Crippen molar-refractivity contribution in [2.75, 3.05) is 13.2 Å². The van der Waals surface area contributed by atoms with Crippen LogP contribution in [0.2, 0.25) is 18.1 Å². The van der Waals surface area contributed by atoms with Crippen LogP contribution in [0.25, 0.3) is 0 Å². The van der Waals surface area contributed by atoms with Crippen molar-refractivity contribution < 1.29 is 18.7 Å². The summed E-state index contributed by atoms with van der Waals surface area (Å²) in [6.07, 6.45) is 5.36. The lowest BCUT2D eigenvalue weighted by atomic mass is 9.70. The zero-order valence-electron chi connectivity index (χ0n) is 18.4. The van der Waals surface area contributed by atoms with Gasteiger partial charge in [0.05, 0.1) is 19.3 Å². The van der Waals surface area contributed by atoms with E-state index in [4.69, 9.17) is 13.9 Å². The van der Waals surface area contributed by atoms with Crippen LogP contribution in [0.3, 0.4) is 0 Å². The monoisotopic (exact) mass is 394 g/mol. The minimum Gasteiger partial charge on any atom is -0.413 e. The van der Waals surface area contributed by atoms with Gasteiger partial charge in [0.1, 0.15) is 0 Å². The van der Waals surface area contributed by atoms with E-state index in [0.29, 0.717) is 25.4 Å². The summed E-state index contributed by atoms with van der Waals surface area (Å²) in [6, 6.07) is 0. The second kappa shape index (κ2) is 7.08. The van der Waals surface area contributed by atoms with Gasteiger partial charge in [-0.1, -0.05) is 33.3 Å². The molecule has 5 heteroatoms. The summed E-state index contributed by atoms with van der Waals surface area (Å²) in [5.41, 5.74) is 2.42. The molecule has 0 aromatic heterocycles. The Hall–Kier alpha value is -0.493. The maximum absolute atomic E-state index is 12.8. The van der Waals surface area contributed by atoms with Gasteiger partial charge < -0.3 is 13.9 Å². The SMILES string of the molecule is CC1(CCC2=C3CCC(O[Si](C)(C)C(C)(C)C)[C@@]3(C)CCC2=O)OCCO1. The Morgan fingerprint density at radius 3 is 2.37 bits per heavy atom. The van der Waals surface area contributed by atoms with E-state index in [1.807, 2.05) is 6.92 Å². The molecule has 2 atom stereocenters. The number of rotatable bonds is 5. The van der Waals surface area contributed by atoms with Gasteiger partial charge in [0.2, 0.25) is 0 Å². The zero-order chi connectivity index (χ0) is 20.1. The molecule has 1 aliphatic heterocycles. The first-order chi connectivity index (χ1) is 12.4.